The van der Waals surface area contributed by atoms with Crippen LogP contribution < -0.4 is 5.32 Å². The molecule has 0 saturated carbocycles. The summed E-state index contributed by atoms with van der Waals surface area (Å²) in [5.41, 5.74) is -0.370. The van der Waals surface area contributed by atoms with Gasteiger partial charge in [-0.2, -0.15) is 5.26 Å². The zero-order chi connectivity index (χ0) is 18.4. The van der Waals surface area contributed by atoms with E-state index in [1.165, 1.54) is 0 Å². The maximum absolute atomic E-state index is 12.4. The molecule has 2 aliphatic heterocycles. The van der Waals surface area contributed by atoms with Gasteiger partial charge >= 0.3 is 6.09 Å². The maximum atomic E-state index is 12.4. The third kappa shape index (κ3) is 5.64. The molecular formula is C17H27N5O3. The van der Waals surface area contributed by atoms with E-state index in [2.05, 4.69) is 5.32 Å². The summed E-state index contributed by atoms with van der Waals surface area (Å²) in [5.74, 6) is -0.224. The van der Waals surface area contributed by atoms with Crippen molar-refractivity contribution in [2.75, 3.05) is 52.4 Å². The molecule has 2 fully saturated rings. The van der Waals surface area contributed by atoms with Crippen molar-refractivity contribution in [1.82, 2.24) is 20.0 Å². The zero-order valence-corrected chi connectivity index (χ0v) is 15.2. The van der Waals surface area contributed by atoms with Crippen LogP contribution in [-0.4, -0.2) is 84.7 Å². The van der Waals surface area contributed by atoms with Crippen LogP contribution in [0.5, 0.6) is 0 Å². The Morgan fingerprint density at radius 3 is 2.16 bits per heavy atom. The highest BCUT2D eigenvalue weighted by molar-refractivity contribution is 5.97. The molecule has 2 aliphatic rings. The molecule has 0 spiro atoms. The molecule has 0 unspecified atom stereocenters. The third-order valence-corrected chi connectivity index (χ3v) is 4.03. The zero-order valence-electron chi connectivity index (χ0n) is 15.2. The minimum Gasteiger partial charge on any atom is -0.444 e. The highest BCUT2D eigenvalue weighted by Gasteiger charge is 2.26. The fraction of sp³-hybridized carbons (Fsp3) is 0.706. The first-order valence-electron chi connectivity index (χ1n) is 8.64. The molecule has 0 bridgehead atoms. The minimum atomic E-state index is -0.516. The van der Waals surface area contributed by atoms with E-state index in [4.69, 9.17) is 4.74 Å². The standard InChI is InChI=1S/C17H27N5O3/c1-17(2,3)25-16(24)22-10-8-20(9-11-22)13-14(12-18)15(23)21-6-4-19-5-7-21/h13,19H,4-11H2,1-3H3/b14-13-. The number of rotatable bonds is 2. The molecule has 8 heteroatoms. The number of carbonyl (C=O) groups excluding carboxylic acids is 2. The second-order valence-electron chi connectivity index (χ2n) is 7.20. The molecule has 2 heterocycles. The number of amides is 2. The van der Waals surface area contributed by atoms with Crippen molar-refractivity contribution in [1.29, 1.82) is 5.26 Å². The molecular weight excluding hydrogens is 322 g/mol. The lowest BCUT2D eigenvalue weighted by Crippen LogP contribution is -2.49. The van der Waals surface area contributed by atoms with Crippen LogP contribution in [0.15, 0.2) is 11.8 Å². The molecule has 0 aromatic rings. The van der Waals surface area contributed by atoms with Gasteiger partial charge < -0.3 is 24.8 Å². The van der Waals surface area contributed by atoms with Gasteiger partial charge in [-0.25, -0.2) is 4.79 Å². The van der Waals surface area contributed by atoms with Gasteiger partial charge in [0.25, 0.3) is 5.91 Å². The molecule has 0 radical (unpaired) electrons. The van der Waals surface area contributed by atoms with E-state index in [0.29, 0.717) is 39.3 Å². The third-order valence-electron chi connectivity index (χ3n) is 4.03. The Labute approximate surface area is 149 Å². The van der Waals surface area contributed by atoms with Gasteiger partial charge in [0.1, 0.15) is 17.2 Å². The van der Waals surface area contributed by atoms with Crippen LogP contribution in [0.1, 0.15) is 20.8 Å². The summed E-state index contributed by atoms with van der Waals surface area (Å²) >= 11 is 0. The fourth-order valence-electron chi connectivity index (χ4n) is 2.71. The van der Waals surface area contributed by atoms with E-state index < -0.39 is 5.60 Å². The molecule has 8 nitrogen and oxygen atoms in total. The monoisotopic (exact) mass is 349 g/mol. The SMILES string of the molecule is CC(C)(C)OC(=O)N1CCN(/C=C(/C#N)C(=O)N2CCNCC2)CC1. The van der Waals surface area contributed by atoms with Crippen LogP contribution in [0.3, 0.4) is 0 Å². The highest BCUT2D eigenvalue weighted by atomic mass is 16.6. The first-order chi connectivity index (χ1) is 11.8. The van der Waals surface area contributed by atoms with Crippen LogP contribution in [0, 0.1) is 11.3 Å². The largest absolute Gasteiger partial charge is 0.444 e. The number of nitrogens with zero attached hydrogens (tertiary/aromatic N) is 4. The topological polar surface area (TPSA) is 88.9 Å². The van der Waals surface area contributed by atoms with Crippen molar-refractivity contribution < 1.29 is 14.3 Å². The molecule has 2 amide bonds. The van der Waals surface area contributed by atoms with E-state index in [1.807, 2.05) is 31.7 Å². The number of nitrogens with one attached hydrogen (secondary N) is 1. The van der Waals surface area contributed by atoms with E-state index in [-0.39, 0.29) is 17.6 Å². The highest BCUT2D eigenvalue weighted by Crippen LogP contribution is 2.13. The van der Waals surface area contributed by atoms with Gasteiger partial charge in [-0.1, -0.05) is 0 Å². The van der Waals surface area contributed by atoms with Crippen molar-refractivity contribution in [2.24, 2.45) is 0 Å². The molecule has 0 aromatic heterocycles. The number of hydrogen-bond acceptors (Lipinski definition) is 6. The smallest absolute Gasteiger partial charge is 0.410 e. The Hall–Kier alpha value is -2.27. The van der Waals surface area contributed by atoms with Gasteiger partial charge in [0.15, 0.2) is 0 Å². The number of ether oxygens (including phenoxy) is 1. The Morgan fingerprint density at radius 2 is 1.64 bits per heavy atom. The average Bonchev–Trinajstić information content (AvgIpc) is 2.59. The van der Waals surface area contributed by atoms with E-state index in [0.717, 1.165) is 13.1 Å². The number of nitriles is 1. The van der Waals surface area contributed by atoms with Crippen molar-refractivity contribution in [3.05, 3.63) is 11.8 Å². The Balaban J connectivity index is 1.90. The second kappa shape index (κ2) is 8.21. The predicted molar refractivity (Wildman–Crippen MR) is 92.5 cm³/mol. The van der Waals surface area contributed by atoms with Gasteiger partial charge in [0, 0.05) is 58.6 Å². The normalized spacial score (nSPS) is 19.4. The average molecular weight is 349 g/mol. The summed E-state index contributed by atoms with van der Waals surface area (Å²) < 4.78 is 5.37. The van der Waals surface area contributed by atoms with Crippen molar-refractivity contribution in [3.8, 4) is 6.07 Å². The van der Waals surface area contributed by atoms with Gasteiger partial charge in [0.2, 0.25) is 0 Å². The molecule has 0 aliphatic carbocycles. The summed E-state index contributed by atoms with van der Waals surface area (Å²) in [5, 5.41) is 12.5. The molecule has 138 valence electrons. The molecule has 1 N–H and O–H groups in total. The number of piperazine rings is 2. The van der Waals surface area contributed by atoms with Crippen LogP contribution in [0.4, 0.5) is 4.79 Å². The quantitative estimate of drug-likeness (QED) is 0.573. The lowest BCUT2D eigenvalue weighted by molar-refractivity contribution is -0.127. The van der Waals surface area contributed by atoms with Gasteiger partial charge in [-0.3, -0.25) is 4.79 Å². The van der Waals surface area contributed by atoms with Gasteiger partial charge in [0.05, 0.1) is 0 Å². The second-order valence-corrected chi connectivity index (χ2v) is 7.20. The van der Waals surface area contributed by atoms with E-state index in [9.17, 15) is 14.9 Å². The molecule has 0 atom stereocenters. The van der Waals surface area contributed by atoms with Crippen LogP contribution in [-0.2, 0) is 9.53 Å². The molecule has 2 saturated heterocycles. The van der Waals surface area contributed by atoms with Crippen molar-refractivity contribution in [2.45, 2.75) is 26.4 Å². The lowest BCUT2D eigenvalue weighted by Gasteiger charge is -2.35. The van der Waals surface area contributed by atoms with Gasteiger partial charge in [-0.05, 0) is 20.8 Å². The molecule has 0 aromatic carbocycles. The van der Waals surface area contributed by atoms with Crippen molar-refractivity contribution >= 4 is 12.0 Å². The summed E-state index contributed by atoms with van der Waals surface area (Å²) in [6, 6.07) is 2.01. The number of carbonyl (C=O) groups is 2. The molecule has 25 heavy (non-hydrogen) atoms. The minimum absolute atomic E-state index is 0.146. The summed E-state index contributed by atoms with van der Waals surface area (Å²) in [7, 11) is 0. The predicted octanol–water partition coefficient (Wildman–Crippen LogP) is 0.378. The first kappa shape index (κ1) is 19.1. The fourth-order valence-corrected chi connectivity index (χ4v) is 2.71. The Bertz CT molecular complexity index is 562. The summed E-state index contributed by atoms with van der Waals surface area (Å²) in [4.78, 5) is 29.8. The van der Waals surface area contributed by atoms with Gasteiger partial charge in [-0.15, -0.1) is 0 Å². The lowest BCUT2D eigenvalue weighted by atomic mass is 10.2. The Kier molecular flexibility index (Phi) is 6.26. The van der Waals surface area contributed by atoms with Crippen LogP contribution in [0.25, 0.3) is 0 Å². The number of hydrogen-bond donors (Lipinski definition) is 1. The first-order valence-corrected chi connectivity index (χ1v) is 8.64. The van der Waals surface area contributed by atoms with E-state index >= 15 is 0 Å². The summed E-state index contributed by atoms with van der Waals surface area (Å²) in [6.45, 7) is 10.4. The summed E-state index contributed by atoms with van der Waals surface area (Å²) in [6.07, 6.45) is 1.30. The Morgan fingerprint density at radius 1 is 1.04 bits per heavy atom. The molecule has 2 rings (SSSR count). The maximum Gasteiger partial charge on any atom is 0.410 e. The van der Waals surface area contributed by atoms with Crippen molar-refractivity contribution in [3.63, 3.8) is 0 Å². The van der Waals surface area contributed by atoms with Crippen LogP contribution >= 0.6 is 0 Å². The van der Waals surface area contributed by atoms with Crippen LogP contribution in [0.2, 0.25) is 0 Å². The van der Waals surface area contributed by atoms with E-state index in [1.54, 1.807) is 16.0 Å².